The second kappa shape index (κ2) is 5.09. The van der Waals surface area contributed by atoms with Crippen LogP contribution in [-0.2, 0) is 14.6 Å². The minimum atomic E-state index is -4.34. The van der Waals surface area contributed by atoms with Crippen molar-refractivity contribution in [2.75, 3.05) is 0 Å². The van der Waals surface area contributed by atoms with Crippen LogP contribution in [0, 0.1) is 5.92 Å². The maximum Gasteiger partial charge on any atom is 0.397 e. The Morgan fingerprint density at radius 3 is 2.00 bits per heavy atom. The molecule has 0 aromatic carbocycles. The molecule has 0 aliphatic carbocycles. The minimum absolute atomic E-state index is 0.423. The molecule has 0 fully saturated rings. The van der Waals surface area contributed by atoms with Crippen molar-refractivity contribution in [3.63, 3.8) is 0 Å². The molecule has 0 aliphatic rings. The normalized spacial score (nSPS) is 13.6. The summed E-state index contributed by atoms with van der Waals surface area (Å²) in [7, 11) is -4.34. The van der Waals surface area contributed by atoms with Gasteiger partial charge in [-0.3, -0.25) is 4.55 Å². The van der Waals surface area contributed by atoms with E-state index in [-0.39, 0.29) is 0 Å². The highest BCUT2D eigenvalue weighted by molar-refractivity contribution is 7.80. The summed E-state index contributed by atoms with van der Waals surface area (Å²) in [5.41, 5.74) is -0.829. The van der Waals surface area contributed by atoms with E-state index in [4.69, 9.17) is 4.55 Å². The Hall–Kier alpha value is -0.130. The van der Waals surface area contributed by atoms with Gasteiger partial charge in [-0.2, -0.15) is 8.42 Å². The van der Waals surface area contributed by atoms with E-state index in [1.165, 1.54) is 0 Å². The first-order chi connectivity index (χ1) is 6.20. The van der Waals surface area contributed by atoms with Crippen LogP contribution in [0.2, 0.25) is 0 Å². The van der Waals surface area contributed by atoms with Crippen LogP contribution in [-0.4, -0.2) is 18.6 Å². The average Bonchev–Trinajstić information content (AvgIpc) is 1.95. The molecule has 0 aromatic rings. The summed E-state index contributed by atoms with van der Waals surface area (Å²) >= 11 is 0. The lowest BCUT2D eigenvalue weighted by Gasteiger charge is -2.26. The Labute approximate surface area is 86.6 Å². The first-order valence-electron chi connectivity index (χ1n) is 4.88. The van der Waals surface area contributed by atoms with Crippen LogP contribution in [0.3, 0.4) is 0 Å². The number of rotatable bonds is 6. The molecular formula is C9H20O4S. The largest absolute Gasteiger partial charge is 0.397 e. The average molecular weight is 224 g/mol. The van der Waals surface area contributed by atoms with E-state index in [2.05, 4.69) is 18.0 Å². The molecular weight excluding hydrogens is 204 g/mol. The van der Waals surface area contributed by atoms with Gasteiger partial charge in [0.2, 0.25) is 0 Å². The van der Waals surface area contributed by atoms with Crippen molar-refractivity contribution in [3.8, 4) is 0 Å². The van der Waals surface area contributed by atoms with Crippen molar-refractivity contribution in [3.05, 3.63) is 0 Å². The third-order valence-electron chi connectivity index (χ3n) is 2.27. The van der Waals surface area contributed by atoms with Gasteiger partial charge in [0, 0.05) is 0 Å². The molecule has 0 rings (SSSR count). The van der Waals surface area contributed by atoms with Gasteiger partial charge >= 0.3 is 10.4 Å². The van der Waals surface area contributed by atoms with Crippen molar-refractivity contribution in [1.82, 2.24) is 0 Å². The molecule has 0 aromatic heterocycles. The summed E-state index contributed by atoms with van der Waals surface area (Å²) in [5.74, 6) is 0.423. The Kier molecular flexibility index (Phi) is 5.05. The summed E-state index contributed by atoms with van der Waals surface area (Å²) < 4.78 is 34.2. The SMILES string of the molecule is CCC(CC)CC(C)(C)OS(=O)(=O)O. The van der Waals surface area contributed by atoms with Crippen molar-refractivity contribution in [1.29, 1.82) is 0 Å². The summed E-state index contributed by atoms with van der Waals surface area (Å²) in [6, 6.07) is 0. The molecule has 4 nitrogen and oxygen atoms in total. The standard InChI is InChI=1S/C9H20O4S/c1-5-8(6-2)7-9(3,4)13-14(10,11)12/h8H,5-7H2,1-4H3,(H,10,11,12). The predicted octanol–water partition coefficient (Wildman–Crippen LogP) is 2.41. The summed E-state index contributed by atoms with van der Waals surface area (Å²) in [5, 5.41) is 0. The third-order valence-corrected chi connectivity index (χ3v) is 2.93. The van der Waals surface area contributed by atoms with Crippen LogP contribution in [0.5, 0.6) is 0 Å². The van der Waals surface area contributed by atoms with Crippen LogP contribution in [0.15, 0.2) is 0 Å². The van der Waals surface area contributed by atoms with Crippen LogP contribution < -0.4 is 0 Å². The van der Waals surface area contributed by atoms with E-state index in [9.17, 15) is 8.42 Å². The van der Waals surface area contributed by atoms with Crippen molar-refractivity contribution >= 4 is 10.4 Å². The first kappa shape index (κ1) is 13.9. The molecule has 1 N–H and O–H groups in total. The Morgan fingerprint density at radius 2 is 1.71 bits per heavy atom. The molecule has 0 heterocycles. The minimum Gasteiger partial charge on any atom is -0.264 e. The lowest BCUT2D eigenvalue weighted by Crippen LogP contribution is -2.30. The van der Waals surface area contributed by atoms with Crippen LogP contribution in [0.1, 0.15) is 47.0 Å². The fraction of sp³-hybridized carbons (Fsp3) is 1.00. The Bertz CT molecular complexity index is 252. The van der Waals surface area contributed by atoms with Gasteiger partial charge in [-0.25, -0.2) is 4.18 Å². The van der Waals surface area contributed by atoms with Crippen LogP contribution in [0.25, 0.3) is 0 Å². The van der Waals surface area contributed by atoms with E-state index < -0.39 is 16.0 Å². The lowest BCUT2D eigenvalue weighted by atomic mass is 9.90. The van der Waals surface area contributed by atoms with Crippen LogP contribution in [0.4, 0.5) is 0 Å². The van der Waals surface area contributed by atoms with E-state index in [1.54, 1.807) is 13.8 Å². The Morgan fingerprint density at radius 1 is 1.29 bits per heavy atom. The molecule has 0 radical (unpaired) electrons. The zero-order chi connectivity index (χ0) is 11.4. The fourth-order valence-electron chi connectivity index (χ4n) is 1.59. The number of hydrogen-bond acceptors (Lipinski definition) is 3. The number of hydrogen-bond donors (Lipinski definition) is 1. The van der Waals surface area contributed by atoms with Gasteiger partial charge in [0.25, 0.3) is 0 Å². The van der Waals surface area contributed by atoms with Gasteiger partial charge in [-0.05, 0) is 26.2 Å². The van der Waals surface area contributed by atoms with Crippen molar-refractivity contribution in [2.24, 2.45) is 5.92 Å². The summed E-state index contributed by atoms with van der Waals surface area (Å²) in [6.45, 7) is 7.44. The van der Waals surface area contributed by atoms with Gasteiger partial charge in [-0.1, -0.05) is 26.7 Å². The second-order valence-electron chi connectivity index (χ2n) is 4.16. The Balaban J connectivity index is 4.33. The molecule has 0 bridgehead atoms. The maximum absolute atomic E-state index is 10.5. The topological polar surface area (TPSA) is 63.6 Å². The van der Waals surface area contributed by atoms with Gasteiger partial charge in [0.05, 0.1) is 5.60 Å². The molecule has 0 saturated heterocycles. The molecule has 0 aliphatic heterocycles. The zero-order valence-corrected chi connectivity index (χ0v) is 10.1. The van der Waals surface area contributed by atoms with E-state index >= 15 is 0 Å². The fourth-order valence-corrected chi connectivity index (χ4v) is 2.23. The van der Waals surface area contributed by atoms with Gasteiger partial charge < -0.3 is 0 Å². The van der Waals surface area contributed by atoms with E-state index in [0.29, 0.717) is 12.3 Å². The molecule has 0 amide bonds. The molecule has 0 unspecified atom stereocenters. The van der Waals surface area contributed by atoms with Crippen molar-refractivity contribution in [2.45, 2.75) is 52.6 Å². The summed E-state index contributed by atoms with van der Waals surface area (Å²) in [6.07, 6.45) is 2.59. The van der Waals surface area contributed by atoms with Gasteiger partial charge in [-0.15, -0.1) is 0 Å². The van der Waals surface area contributed by atoms with Gasteiger partial charge in [0.15, 0.2) is 0 Å². The van der Waals surface area contributed by atoms with E-state index in [1.807, 2.05) is 0 Å². The van der Waals surface area contributed by atoms with Gasteiger partial charge in [0.1, 0.15) is 0 Å². The molecule has 0 spiro atoms. The maximum atomic E-state index is 10.5. The monoisotopic (exact) mass is 224 g/mol. The predicted molar refractivity (Wildman–Crippen MR) is 55.4 cm³/mol. The molecule has 14 heavy (non-hydrogen) atoms. The highest BCUT2D eigenvalue weighted by Crippen LogP contribution is 2.26. The quantitative estimate of drug-likeness (QED) is 0.704. The molecule has 0 saturated carbocycles. The highest BCUT2D eigenvalue weighted by Gasteiger charge is 2.27. The zero-order valence-electron chi connectivity index (χ0n) is 9.28. The highest BCUT2D eigenvalue weighted by atomic mass is 32.3. The van der Waals surface area contributed by atoms with Crippen LogP contribution >= 0.6 is 0 Å². The second-order valence-corrected chi connectivity index (χ2v) is 5.18. The molecule has 0 atom stereocenters. The molecule has 86 valence electrons. The first-order valence-corrected chi connectivity index (χ1v) is 6.24. The van der Waals surface area contributed by atoms with Crippen molar-refractivity contribution < 1.29 is 17.2 Å². The smallest absolute Gasteiger partial charge is 0.264 e. The lowest BCUT2D eigenvalue weighted by molar-refractivity contribution is 0.0709. The third kappa shape index (κ3) is 6.34. The van der Waals surface area contributed by atoms with E-state index in [0.717, 1.165) is 12.8 Å². The summed E-state index contributed by atoms with van der Waals surface area (Å²) in [4.78, 5) is 0. The molecule has 5 heteroatoms.